The maximum absolute atomic E-state index is 8.56. The van der Waals surface area contributed by atoms with Gasteiger partial charge in [0.05, 0.1) is 0 Å². The van der Waals surface area contributed by atoms with Crippen molar-refractivity contribution < 1.29 is 35.0 Å². The summed E-state index contributed by atoms with van der Waals surface area (Å²) in [7, 11) is 0. The molecule has 0 unspecified atom stereocenters. The van der Waals surface area contributed by atoms with E-state index >= 15 is 0 Å². The van der Waals surface area contributed by atoms with Gasteiger partial charge in [-0.15, -0.1) is 0 Å². The van der Waals surface area contributed by atoms with Crippen molar-refractivity contribution >= 4 is 270 Å². The predicted molar refractivity (Wildman–Crippen MR) is 66.5 cm³/mol. The van der Waals surface area contributed by atoms with Crippen LogP contribution in [0, 0.1) is 0 Å². The van der Waals surface area contributed by atoms with Gasteiger partial charge in [-0.1, -0.05) is 0 Å². The molecule has 0 heterocycles. The summed E-state index contributed by atoms with van der Waals surface area (Å²) < 4.78 is 0. The topological polar surface area (TPSA) is 57.5 Å². The molecule has 0 atom stereocenters. The molecular weight excluding hydrogens is 341 g/mol. The van der Waals surface area contributed by atoms with Crippen molar-refractivity contribution in [2.75, 3.05) is 0 Å². The zero-order chi connectivity index (χ0) is 3.58. The van der Waals surface area contributed by atoms with Gasteiger partial charge in [-0.3, -0.25) is 0 Å². The fourth-order valence-electron chi connectivity index (χ4n) is 0. The molecule has 0 saturated carbocycles. The van der Waals surface area contributed by atoms with Crippen LogP contribution in [0.4, 0.5) is 4.79 Å². The van der Waals surface area contributed by atoms with Crippen molar-refractivity contribution in [3.05, 3.63) is 0 Å². The SMILES string of the molecule is O=C(O)O.[Ca+2].[Ca+2].[Ca+2].[Ca+2].[Ca+2].[Ca+2].[Ca+2].[H-].[H-].[H-].[H-].[H-].[H-].[H-].[H-].[H-].[H-].[H-].[H-].[H-].[H-]. The van der Waals surface area contributed by atoms with Crippen LogP contribution < -0.4 is 0 Å². The van der Waals surface area contributed by atoms with Gasteiger partial charge in [0.1, 0.15) is 0 Å². The fraction of sp³-hybridized carbons (Fsp3) is 0. The molecule has 0 saturated heterocycles. The maximum atomic E-state index is 8.56. The van der Waals surface area contributed by atoms with Crippen molar-refractivity contribution in [2.45, 2.75) is 0 Å². The molecule has 52 valence electrons. The first kappa shape index (κ1) is 50.8. The van der Waals surface area contributed by atoms with E-state index in [0.717, 1.165) is 0 Å². The smallest absolute Gasteiger partial charge is 1.00 e. The van der Waals surface area contributed by atoms with E-state index in [0.29, 0.717) is 0 Å². The summed E-state index contributed by atoms with van der Waals surface area (Å²) in [6.45, 7) is 0. The molecule has 0 aromatic rings. The summed E-state index contributed by atoms with van der Waals surface area (Å²) in [5.41, 5.74) is 0. The Morgan fingerprint density at radius 1 is 0.727 bits per heavy atom. The molecule has 0 aliphatic carbocycles. The van der Waals surface area contributed by atoms with Gasteiger partial charge in [0, 0.05) is 0 Å². The van der Waals surface area contributed by atoms with E-state index in [1.54, 1.807) is 0 Å². The molecule has 0 aromatic carbocycles. The van der Waals surface area contributed by atoms with Crippen molar-refractivity contribution in [2.24, 2.45) is 0 Å². The van der Waals surface area contributed by atoms with Gasteiger partial charge < -0.3 is 30.2 Å². The molecule has 0 rings (SSSR count). The van der Waals surface area contributed by atoms with Crippen LogP contribution in [0.25, 0.3) is 0 Å². The van der Waals surface area contributed by atoms with Crippen molar-refractivity contribution in [1.82, 2.24) is 0 Å². The second-order valence-electron chi connectivity index (χ2n) is 0.283. The van der Waals surface area contributed by atoms with E-state index < -0.39 is 6.16 Å². The Balaban J connectivity index is -0.000000000214. The Bertz CT molecular complexity index is 61.4. The minimum absolute atomic E-state index is 0. The minimum Gasteiger partial charge on any atom is -1.00 e. The largest absolute Gasteiger partial charge is 2.00 e. The van der Waals surface area contributed by atoms with Crippen LogP contribution in [0.5, 0.6) is 0 Å². The zero-order valence-electron chi connectivity index (χ0n) is 20.8. The van der Waals surface area contributed by atoms with Crippen LogP contribution in [0.15, 0.2) is 0 Å². The summed E-state index contributed by atoms with van der Waals surface area (Å²) in [5, 5.41) is 13.9. The average Bonchev–Trinajstić information content (AvgIpc) is 0.811. The number of hydrogen-bond acceptors (Lipinski definition) is 1. The molecule has 3 nitrogen and oxygen atoms in total. The Kier molecular flexibility index (Phi) is 198. The Morgan fingerprint density at radius 3 is 0.727 bits per heavy atom. The molecule has 2 N–H and O–H groups in total. The van der Waals surface area contributed by atoms with E-state index in [4.69, 9.17) is 15.0 Å². The standard InChI is InChI=1S/CH2O3.7Ca.14H/c2-1(3)4;;;;;;;;;;;;;;;;;;;;;/h(H2,2,3,4);;;;;;;;;;;;;;;;;;;;;/q;7*+2;14*-1. The van der Waals surface area contributed by atoms with E-state index in [1.807, 2.05) is 0 Å². The third kappa shape index (κ3) is 71.6. The summed E-state index contributed by atoms with van der Waals surface area (Å²) in [6, 6.07) is 0. The number of carboxylic acid groups (broad SMARTS) is 2. The van der Waals surface area contributed by atoms with Crippen LogP contribution in [0.2, 0.25) is 0 Å². The Morgan fingerprint density at radius 2 is 0.727 bits per heavy atom. The number of carbonyl (C=O) groups is 1. The number of rotatable bonds is 0. The maximum Gasteiger partial charge on any atom is 2.00 e. The normalized spacial score (nSPS) is 2.18. The third-order valence-electron chi connectivity index (χ3n) is 0. The molecule has 0 amide bonds. The molecule has 0 bridgehead atoms. The second kappa shape index (κ2) is 43.0. The first-order valence-corrected chi connectivity index (χ1v) is 0.651. The summed E-state index contributed by atoms with van der Waals surface area (Å²) in [6.07, 6.45) is -1.83. The average molecular weight is 357 g/mol. The molecule has 0 radical (unpaired) electrons. The van der Waals surface area contributed by atoms with Gasteiger partial charge in [-0.25, -0.2) is 4.79 Å². The number of hydrogen-bond donors (Lipinski definition) is 2. The first-order valence-electron chi connectivity index (χ1n) is 0.651. The van der Waals surface area contributed by atoms with Crippen molar-refractivity contribution in [3.8, 4) is 0 Å². The van der Waals surface area contributed by atoms with Gasteiger partial charge in [-0.05, 0) is 0 Å². The summed E-state index contributed by atoms with van der Waals surface area (Å²) in [4.78, 5) is 8.56. The van der Waals surface area contributed by atoms with E-state index in [2.05, 4.69) is 0 Å². The molecule has 0 spiro atoms. The van der Waals surface area contributed by atoms with Crippen LogP contribution >= 0.6 is 0 Å². The third-order valence-corrected chi connectivity index (χ3v) is 0. The summed E-state index contributed by atoms with van der Waals surface area (Å²) in [5.74, 6) is 0. The second-order valence-corrected chi connectivity index (χ2v) is 0.283. The van der Waals surface area contributed by atoms with Gasteiger partial charge in [0.25, 0.3) is 0 Å². The van der Waals surface area contributed by atoms with Crippen LogP contribution in [-0.4, -0.2) is 281 Å². The molecule has 11 heavy (non-hydrogen) atoms. The molecule has 10 heteroatoms. The Labute approximate surface area is 296 Å². The quantitative estimate of drug-likeness (QED) is 0.555. The molecule has 0 fully saturated rings. The van der Waals surface area contributed by atoms with Gasteiger partial charge in [0.2, 0.25) is 0 Å². The van der Waals surface area contributed by atoms with E-state index in [-0.39, 0.29) is 284 Å². The molecule has 0 aromatic heterocycles. The molecule has 0 aliphatic rings. The summed E-state index contributed by atoms with van der Waals surface area (Å²) >= 11 is 0. The van der Waals surface area contributed by atoms with Crippen molar-refractivity contribution in [1.29, 1.82) is 0 Å². The minimum atomic E-state index is -1.83. The van der Waals surface area contributed by atoms with Crippen LogP contribution in [0.1, 0.15) is 20.0 Å². The van der Waals surface area contributed by atoms with E-state index in [9.17, 15) is 0 Å². The molecular formula is CH16Ca7O3. The van der Waals surface area contributed by atoms with Crippen LogP contribution in [0.3, 0.4) is 0 Å². The van der Waals surface area contributed by atoms with Gasteiger partial charge in [-0.2, -0.15) is 0 Å². The van der Waals surface area contributed by atoms with Gasteiger partial charge in [0.15, 0.2) is 0 Å². The predicted octanol–water partition coefficient (Wildman–Crippen LogP) is -0.868. The first-order chi connectivity index (χ1) is 1.73. The van der Waals surface area contributed by atoms with Crippen LogP contribution in [-0.2, 0) is 0 Å². The fourth-order valence-corrected chi connectivity index (χ4v) is 0. The van der Waals surface area contributed by atoms with E-state index in [1.165, 1.54) is 0 Å². The van der Waals surface area contributed by atoms with Crippen molar-refractivity contribution in [3.63, 3.8) is 0 Å². The monoisotopic (exact) mass is 356 g/mol. The zero-order valence-corrected chi connectivity index (χ0v) is 22.2. The Hall–Kier alpha value is 8.09. The molecule has 0 aliphatic heterocycles. The van der Waals surface area contributed by atoms with Gasteiger partial charge >= 0.3 is 270 Å².